The molecule has 20 heavy (non-hydrogen) atoms. The van der Waals surface area contributed by atoms with E-state index in [1.165, 1.54) is 6.26 Å². The maximum absolute atomic E-state index is 11.3. The summed E-state index contributed by atoms with van der Waals surface area (Å²) in [5, 5.41) is 0. The Morgan fingerprint density at radius 3 is 2.40 bits per heavy atom. The van der Waals surface area contributed by atoms with Crippen molar-refractivity contribution in [2.75, 3.05) is 13.2 Å². The van der Waals surface area contributed by atoms with E-state index in [1.54, 1.807) is 6.07 Å². The van der Waals surface area contributed by atoms with E-state index >= 15 is 0 Å². The van der Waals surface area contributed by atoms with E-state index in [2.05, 4.69) is 0 Å². The first-order valence-corrected chi connectivity index (χ1v) is 6.36. The fourth-order valence-corrected chi connectivity index (χ4v) is 2.36. The van der Waals surface area contributed by atoms with Crippen molar-refractivity contribution in [2.24, 2.45) is 5.73 Å². The largest absolute Gasteiger partial charge is 0.459 e. The fourth-order valence-electron chi connectivity index (χ4n) is 2.36. The van der Waals surface area contributed by atoms with Crippen molar-refractivity contribution >= 4 is 5.91 Å². The van der Waals surface area contributed by atoms with Crippen molar-refractivity contribution in [3.05, 3.63) is 47.9 Å². The van der Waals surface area contributed by atoms with Crippen LogP contribution in [0.25, 0.3) is 11.1 Å². The summed E-state index contributed by atoms with van der Waals surface area (Å²) >= 11 is 0. The van der Waals surface area contributed by atoms with Crippen LogP contribution in [0.1, 0.15) is 23.0 Å². The van der Waals surface area contributed by atoms with Gasteiger partial charge in [0.1, 0.15) is 0 Å². The lowest BCUT2D eigenvalue weighted by molar-refractivity contribution is -0.149. The van der Waals surface area contributed by atoms with Crippen LogP contribution in [0.3, 0.4) is 0 Å². The van der Waals surface area contributed by atoms with Gasteiger partial charge in [0.15, 0.2) is 11.5 Å². The number of amides is 1. The summed E-state index contributed by atoms with van der Waals surface area (Å²) in [6.07, 6.45) is 1.45. The molecule has 0 unspecified atom stereocenters. The molecule has 1 fully saturated rings. The zero-order valence-electron chi connectivity index (χ0n) is 11.1. The van der Waals surface area contributed by atoms with Gasteiger partial charge in [-0.15, -0.1) is 0 Å². The van der Waals surface area contributed by atoms with Gasteiger partial charge in [-0.1, -0.05) is 24.3 Å². The van der Waals surface area contributed by atoms with Gasteiger partial charge in [-0.3, -0.25) is 4.79 Å². The van der Waals surface area contributed by atoms with Gasteiger partial charge in [0, 0.05) is 11.1 Å². The molecule has 0 aliphatic carbocycles. The Bertz CT molecular complexity index is 624. The van der Waals surface area contributed by atoms with E-state index in [-0.39, 0.29) is 5.76 Å². The molecule has 1 aliphatic rings. The standard InChI is InChI=1S/C15H15NO4/c1-15(19-8-9-20-15)11-4-2-10(3-5-11)12-6-7-18-13(12)14(16)17/h2-7H,8-9H2,1H3,(H2,16,17). The van der Waals surface area contributed by atoms with Crippen LogP contribution in [-0.2, 0) is 15.3 Å². The normalized spacial score (nSPS) is 17.2. The second-order valence-electron chi connectivity index (χ2n) is 4.75. The van der Waals surface area contributed by atoms with Crippen LogP contribution in [0.4, 0.5) is 0 Å². The fraction of sp³-hybridized carbons (Fsp3) is 0.267. The van der Waals surface area contributed by atoms with Crippen LogP contribution in [-0.4, -0.2) is 19.1 Å². The van der Waals surface area contributed by atoms with Gasteiger partial charge in [0.05, 0.1) is 19.5 Å². The SMILES string of the molecule is CC1(c2ccc(-c3ccoc3C(N)=O)cc2)OCCO1. The third-order valence-corrected chi connectivity index (χ3v) is 3.45. The molecule has 0 atom stereocenters. The van der Waals surface area contributed by atoms with Gasteiger partial charge in [-0.05, 0) is 18.6 Å². The Hall–Kier alpha value is -2.11. The second kappa shape index (κ2) is 4.77. The lowest BCUT2D eigenvalue weighted by Gasteiger charge is -2.22. The lowest BCUT2D eigenvalue weighted by Crippen LogP contribution is -2.22. The van der Waals surface area contributed by atoms with Crippen LogP contribution >= 0.6 is 0 Å². The molecule has 1 aromatic carbocycles. The molecule has 5 heteroatoms. The number of benzene rings is 1. The maximum atomic E-state index is 11.3. The minimum atomic E-state index is -0.693. The highest BCUT2D eigenvalue weighted by atomic mass is 16.7. The van der Waals surface area contributed by atoms with Crippen LogP contribution in [0.5, 0.6) is 0 Å². The summed E-state index contributed by atoms with van der Waals surface area (Å²) < 4.78 is 16.3. The number of ether oxygens (including phenoxy) is 2. The van der Waals surface area contributed by atoms with Gasteiger partial charge >= 0.3 is 0 Å². The predicted molar refractivity (Wildman–Crippen MR) is 71.9 cm³/mol. The van der Waals surface area contributed by atoms with Gasteiger partial charge in [-0.25, -0.2) is 0 Å². The Morgan fingerprint density at radius 2 is 1.80 bits per heavy atom. The summed E-state index contributed by atoms with van der Waals surface area (Å²) in [7, 11) is 0. The zero-order chi connectivity index (χ0) is 14.2. The molecular weight excluding hydrogens is 258 g/mol. The number of primary amides is 1. The van der Waals surface area contributed by atoms with Crippen molar-refractivity contribution in [2.45, 2.75) is 12.7 Å². The number of carbonyl (C=O) groups excluding carboxylic acids is 1. The van der Waals surface area contributed by atoms with Crippen LogP contribution in [0.15, 0.2) is 41.0 Å². The first kappa shape index (κ1) is 12.9. The van der Waals surface area contributed by atoms with Crippen molar-refractivity contribution in [3.8, 4) is 11.1 Å². The predicted octanol–water partition coefficient (Wildman–Crippen LogP) is 2.27. The minimum absolute atomic E-state index is 0.164. The maximum Gasteiger partial charge on any atom is 0.285 e. The highest BCUT2D eigenvalue weighted by Crippen LogP contribution is 2.33. The van der Waals surface area contributed by atoms with Crippen molar-refractivity contribution in [3.63, 3.8) is 0 Å². The van der Waals surface area contributed by atoms with Crippen molar-refractivity contribution in [1.29, 1.82) is 0 Å². The number of hydrogen-bond donors (Lipinski definition) is 1. The van der Waals surface area contributed by atoms with Crippen LogP contribution in [0, 0.1) is 0 Å². The minimum Gasteiger partial charge on any atom is -0.459 e. The molecule has 0 spiro atoms. The molecule has 2 aromatic rings. The summed E-state index contributed by atoms with van der Waals surface area (Å²) in [6.45, 7) is 3.07. The molecule has 1 amide bonds. The molecule has 0 radical (unpaired) electrons. The third kappa shape index (κ3) is 2.11. The number of carbonyl (C=O) groups is 1. The number of rotatable bonds is 3. The molecule has 1 aromatic heterocycles. The number of furan rings is 1. The Kier molecular flexibility index (Phi) is 3.08. The van der Waals surface area contributed by atoms with Crippen molar-refractivity contribution in [1.82, 2.24) is 0 Å². The van der Waals surface area contributed by atoms with E-state index in [9.17, 15) is 4.79 Å². The first-order valence-electron chi connectivity index (χ1n) is 6.36. The molecule has 104 valence electrons. The van der Waals surface area contributed by atoms with E-state index in [1.807, 2.05) is 31.2 Å². The van der Waals surface area contributed by atoms with Gasteiger partial charge in [0.2, 0.25) is 0 Å². The zero-order valence-corrected chi connectivity index (χ0v) is 11.1. The monoisotopic (exact) mass is 273 g/mol. The highest BCUT2D eigenvalue weighted by Gasteiger charge is 2.32. The smallest absolute Gasteiger partial charge is 0.285 e. The molecule has 2 N–H and O–H groups in total. The molecule has 3 rings (SSSR count). The van der Waals surface area contributed by atoms with E-state index < -0.39 is 11.7 Å². The average molecular weight is 273 g/mol. The van der Waals surface area contributed by atoms with Crippen LogP contribution < -0.4 is 5.73 Å². The summed E-state index contributed by atoms with van der Waals surface area (Å²) in [4.78, 5) is 11.3. The van der Waals surface area contributed by atoms with E-state index in [0.29, 0.717) is 18.8 Å². The van der Waals surface area contributed by atoms with Gasteiger partial charge in [0.25, 0.3) is 5.91 Å². The van der Waals surface area contributed by atoms with Gasteiger partial charge < -0.3 is 19.6 Å². The molecule has 1 saturated heterocycles. The Balaban J connectivity index is 1.93. The number of hydrogen-bond acceptors (Lipinski definition) is 4. The second-order valence-corrected chi connectivity index (χ2v) is 4.75. The molecule has 2 heterocycles. The van der Waals surface area contributed by atoms with Crippen LogP contribution in [0.2, 0.25) is 0 Å². The molecular formula is C15H15NO4. The topological polar surface area (TPSA) is 74.7 Å². The summed E-state index contributed by atoms with van der Waals surface area (Å²) in [6, 6.07) is 9.34. The molecule has 0 saturated carbocycles. The Labute approximate surface area is 116 Å². The third-order valence-electron chi connectivity index (χ3n) is 3.45. The molecule has 0 bridgehead atoms. The summed E-state index contributed by atoms with van der Waals surface area (Å²) in [5.74, 6) is -1.11. The van der Waals surface area contributed by atoms with Crippen molar-refractivity contribution < 1.29 is 18.7 Å². The van der Waals surface area contributed by atoms with E-state index in [0.717, 1.165) is 11.1 Å². The van der Waals surface area contributed by atoms with Gasteiger partial charge in [-0.2, -0.15) is 0 Å². The number of nitrogens with two attached hydrogens (primary N) is 1. The lowest BCUT2D eigenvalue weighted by atomic mass is 10.0. The summed E-state index contributed by atoms with van der Waals surface area (Å²) in [5.41, 5.74) is 7.75. The highest BCUT2D eigenvalue weighted by molar-refractivity contribution is 5.97. The first-order chi connectivity index (χ1) is 9.60. The molecule has 1 aliphatic heterocycles. The quantitative estimate of drug-likeness (QED) is 0.930. The average Bonchev–Trinajstić information content (AvgIpc) is 3.08. The molecule has 5 nitrogen and oxygen atoms in total. The Morgan fingerprint density at radius 1 is 1.15 bits per heavy atom. The van der Waals surface area contributed by atoms with E-state index in [4.69, 9.17) is 19.6 Å².